The van der Waals surface area contributed by atoms with Crippen molar-refractivity contribution in [3.63, 3.8) is 0 Å². The van der Waals surface area contributed by atoms with Crippen LogP contribution in [0.5, 0.6) is 0 Å². The number of aromatic nitrogens is 1. The summed E-state index contributed by atoms with van der Waals surface area (Å²) in [5, 5.41) is 15.3. The average molecular weight is 467 g/mol. The number of hydrogen-bond acceptors (Lipinski definition) is 4. The second kappa shape index (κ2) is 10.4. The number of H-pyrrole nitrogens is 1. The molecule has 1 heterocycles. The highest BCUT2D eigenvalue weighted by atomic mass is 79.9. The molecule has 0 aliphatic heterocycles. The number of amides is 3. The minimum absolute atomic E-state index is 0.129. The normalized spacial score (nSPS) is 14.3. The van der Waals surface area contributed by atoms with Crippen LogP contribution < -0.4 is 16.1 Å². The number of rotatable bonds is 9. The molecule has 0 saturated heterocycles. The molecule has 0 aliphatic rings. The van der Waals surface area contributed by atoms with Gasteiger partial charge in [-0.1, -0.05) is 48.0 Å². The maximum absolute atomic E-state index is 13.0. The van der Waals surface area contributed by atoms with Crippen LogP contribution in [0.3, 0.4) is 0 Å². The average Bonchev–Trinajstić information content (AvgIpc) is 3.12. The Labute approximate surface area is 177 Å². The monoisotopic (exact) mass is 466 g/mol. The molecule has 3 atom stereocenters. The SMILES string of the molecule is CNC(=O)[C@H](Cc1c[nH]c2ccccc12)NC(=O)[C@H](CC(C)C)C(Br)C(=O)NO. The summed E-state index contributed by atoms with van der Waals surface area (Å²) in [6, 6.07) is 6.91. The first-order chi connectivity index (χ1) is 13.8. The van der Waals surface area contributed by atoms with E-state index in [0.29, 0.717) is 12.8 Å². The van der Waals surface area contributed by atoms with Gasteiger partial charge in [0.15, 0.2) is 0 Å². The molecule has 1 unspecified atom stereocenters. The van der Waals surface area contributed by atoms with Crippen molar-refractivity contribution in [2.45, 2.75) is 37.6 Å². The van der Waals surface area contributed by atoms with E-state index in [4.69, 9.17) is 5.21 Å². The summed E-state index contributed by atoms with van der Waals surface area (Å²) in [5.74, 6) is -2.09. The van der Waals surface area contributed by atoms with E-state index in [2.05, 4.69) is 31.5 Å². The number of carbonyl (C=O) groups excluding carboxylic acids is 3. The van der Waals surface area contributed by atoms with Crippen molar-refractivity contribution in [3.05, 3.63) is 36.0 Å². The predicted octanol–water partition coefficient (Wildman–Crippen LogP) is 1.87. The van der Waals surface area contributed by atoms with Crippen molar-refractivity contribution in [1.29, 1.82) is 0 Å². The van der Waals surface area contributed by atoms with Crippen molar-refractivity contribution in [2.75, 3.05) is 7.05 Å². The van der Waals surface area contributed by atoms with E-state index < -0.39 is 28.6 Å². The summed E-state index contributed by atoms with van der Waals surface area (Å²) in [5.41, 5.74) is 3.42. The maximum Gasteiger partial charge on any atom is 0.257 e. The van der Waals surface area contributed by atoms with Crippen molar-refractivity contribution >= 4 is 44.6 Å². The van der Waals surface area contributed by atoms with E-state index in [1.807, 2.05) is 44.3 Å². The molecule has 3 amide bonds. The first-order valence-corrected chi connectivity index (χ1v) is 10.3. The minimum Gasteiger partial charge on any atom is -0.361 e. The molecule has 1 aromatic heterocycles. The second-order valence-corrected chi connectivity index (χ2v) is 8.34. The quantitative estimate of drug-likeness (QED) is 0.220. The number of benzene rings is 1. The van der Waals surface area contributed by atoms with Gasteiger partial charge in [-0.05, 0) is 24.0 Å². The summed E-state index contributed by atoms with van der Waals surface area (Å²) in [6.45, 7) is 3.86. The lowest BCUT2D eigenvalue weighted by molar-refractivity contribution is -0.135. The highest BCUT2D eigenvalue weighted by molar-refractivity contribution is 9.10. The highest BCUT2D eigenvalue weighted by Crippen LogP contribution is 2.23. The number of likely N-dealkylation sites (N-methyl/N-ethyl adjacent to an activating group) is 1. The Kier molecular flexibility index (Phi) is 8.21. The van der Waals surface area contributed by atoms with E-state index in [0.717, 1.165) is 16.5 Å². The molecular weight excluding hydrogens is 440 g/mol. The molecule has 0 saturated carbocycles. The molecule has 29 heavy (non-hydrogen) atoms. The molecule has 2 aromatic rings. The number of hydrogen-bond donors (Lipinski definition) is 5. The van der Waals surface area contributed by atoms with Gasteiger partial charge in [-0.2, -0.15) is 0 Å². The zero-order valence-corrected chi connectivity index (χ0v) is 18.2. The van der Waals surface area contributed by atoms with Crippen LogP contribution in [0.25, 0.3) is 10.9 Å². The van der Waals surface area contributed by atoms with Crippen LogP contribution in [0.2, 0.25) is 0 Å². The lowest BCUT2D eigenvalue weighted by atomic mass is 9.92. The third kappa shape index (κ3) is 5.80. The number of para-hydroxylation sites is 1. The molecule has 2 rings (SSSR count). The van der Waals surface area contributed by atoms with Crippen LogP contribution in [0.1, 0.15) is 25.8 Å². The number of fused-ring (bicyclic) bond motifs is 1. The van der Waals surface area contributed by atoms with Crippen molar-refractivity contribution in [1.82, 2.24) is 21.1 Å². The number of nitrogens with one attached hydrogen (secondary N) is 4. The third-order valence-electron chi connectivity index (χ3n) is 4.75. The Bertz CT molecular complexity index is 867. The lowest BCUT2D eigenvalue weighted by Crippen LogP contribution is -2.51. The van der Waals surface area contributed by atoms with E-state index in [9.17, 15) is 14.4 Å². The summed E-state index contributed by atoms with van der Waals surface area (Å²) >= 11 is 3.20. The Morgan fingerprint density at radius 3 is 2.45 bits per heavy atom. The van der Waals surface area contributed by atoms with Crippen molar-refractivity contribution < 1.29 is 19.6 Å². The topological polar surface area (TPSA) is 123 Å². The molecule has 8 nitrogen and oxygen atoms in total. The van der Waals surface area contributed by atoms with Gasteiger partial charge in [0, 0.05) is 30.6 Å². The Morgan fingerprint density at radius 1 is 1.14 bits per heavy atom. The predicted molar refractivity (Wildman–Crippen MR) is 114 cm³/mol. The molecule has 0 spiro atoms. The zero-order chi connectivity index (χ0) is 21.6. The van der Waals surface area contributed by atoms with Gasteiger partial charge in [-0.25, -0.2) is 5.48 Å². The second-order valence-electron chi connectivity index (χ2n) is 7.35. The van der Waals surface area contributed by atoms with E-state index in [1.165, 1.54) is 7.05 Å². The Hall–Kier alpha value is -2.39. The number of alkyl halides is 1. The van der Waals surface area contributed by atoms with Crippen LogP contribution in [0.15, 0.2) is 30.5 Å². The Balaban J connectivity index is 2.24. The maximum atomic E-state index is 13.0. The van der Waals surface area contributed by atoms with Gasteiger partial charge in [0.2, 0.25) is 11.8 Å². The minimum atomic E-state index is -0.923. The largest absolute Gasteiger partial charge is 0.361 e. The van der Waals surface area contributed by atoms with Crippen LogP contribution >= 0.6 is 15.9 Å². The number of halogens is 1. The third-order valence-corrected chi connectivity index (χ3v) is 5.81. The molecule has 0 fully saturated rings. The molecule has 0 aliphatic carbocycles. The fourth-order valence-corrected chi connectivity index (χ4v) is 3.85. The molecule has 9 heteroatoms. The molecule has 0 bridgehead atoms. The van der Waals surface area contributed by atoms with Gasteiger partial charge in [-0.15, -0.1) is 0 Å². The fourth-order valence-electron chi connectivity index (χ4n) is 3.29. The van der Waals surface area contributed by atoms with E-state index >= 15 is 0 Å². The van der Waals surface area contributed by atoms with Crippen LogP contribution in [0, 0.1) is 11.8 Å². The number of hydroxylamine groups is 1. The van der Waals surface area contributed by atoms with Gasteiger partial charge in [0.25, 0.3) is 5.91 Å². The van der Waals surface area contributed by atoms with Gasteiger partial charge in [-0.3, -0.25) is 19.6 Å². The summed E-state index contributed by atoms with van der Waals surface area (Å²) < 4.78 is 0. The van der Waals surface area contributed by atoms with Crippen LogP contribution in [0.4, 0.5) is 0 Å². The summed E-state index contributed by atoms with van der Waals surface area (Å²) in [7, 11) is 1.51. The summed E-state index contributed by atoms with van der Waals surface area (Å²) in [4.78, 5) is 39.5. The van der Waals surface area contributed by atoms with E-state index in [1.54, 1.807) is 5.48 Å². The number of aromatic amines is 1. The molecule has 158 valence electrons. The molecule has 0 radical (unpaired) electrons. The smallest absolute Gasteiger partial charge is 0.257 e. The number of carbonyl (C=O) groups is 3. The first-order valence-electron chi connectivity index (χ1n) is 9.43. The first kappa shape index (κ1) is 22.9. The van der Waals surface area contributed by atoms with Crippen LogP contribution in [-0.2, 0) is 20.8 Å². The Morgan fingerprint density at radius 2 is 1.83 bits per heavy atom. The zero-order valence-electron chi connectivity index (χ0n) is 16.7. The summed E-state index contributed by atoms with van der Waals surface area (Å²) in [6.07, 6.45) is 2.52. The van der Waals surface area contributed by atoms with Gasteiger partial charge < -0.3 is 15.6 Å². The highest BCUT2D eigenvalue weighted by Gasteiger charge is 2.34. The van der Waals surface area contributed by atoms with Crippen molar-refractivity contribution in [3.8, 4) is 0 Å². The van der Waals surface area contributed by atoms with Gasteiger partial charge in [0.05, 0.1) is 5.92 Å². The van der Waals surface area contributed by atoms with E-state index in [-0.39, 0.29) is 11.8 Å². The molecule has 1 aromatic carbocycles. The molecular formula is C20H27BrN4O4. The molecule has 5 N–H and O–H groups in total. The van der Waals surface area contributed by atoms with Crippen LogP contribution in [-0.4, -0.2) is 45.8 Å². The fraction of sp³-hybridized carbons (Fsp3) is 0.450. The lowest BCUT2D eigenvalue weighted by Gasteiger charge is -2.25. The standard InChI is InChI=1S/C20H27BrN4O4/c1-11(2)8-14(17(21)20(28)25-29)18(26)24-16(19(27)22-3)9-12-10-23-15-7-5-4-6-13(12)15/h4-7,10-11,14,16-17,23,29H,8-9H2,1-3H3,(H,22,27)(H,24,26)(H,25,28)/t14-,16+,17?/m1/s1. The van der Waals surface area contributed by atoms with Crippen molar-refractivity contribution in [2.24, 2.45) is 11.8 Å². The van der Waals surface area contributed by atoms with Gasteiger partial charge >= 0.3 is 0 Å². The van der Waals surface area contributed by atoms with Gasteiger partial charge in [0.1, 0.15) is 10.9 Å².